The molecule has 0 aromatic carbocycles. The second-order valence-electron chi connectivity index (χ2n) is 11.8. The number of nitrogens with one attached hydrogen (secondary N) is 4. The lowest BCUT2D eigenvalue weighted by Gasteiger charge is -2.32. The molecule has 6 nitrogen and oxygen atoms in total. The number of nitrogens with zero attached hydrogens (tertiary/aromatic N) is 2. The third-order valence-corrected chi connectivity index (χ3v) is 8.27. The zero-order valence-corrected chi connectivity index (χ0v) is 22.6. The number of rotatable bonds is 10. The van der Waals surface area contributed by atoms with Gasteiger partial charge in [0, 0.05) is 38.1 Å². The van der Waals surface area contributed by atoms with E-state index in [9.17, 15) is 0 Å². The average Bonchev–Trinajstić information content (AvgIpc) is 3.35. The molecule has 0 amide bonds. The summed E-state index contributed by atoms with van der Waals surface area (Å²) in [5.41, 5.74) is 3.65. The zero-order valence-electron chi connectivity index (χ0n) is 22.6. The quantitative estimate of drug-likeness (QED) is 0.162. The highest BCUT2D eigenvalue weighted by molar-refractivity contribution is 5.86. The molecule has 2 aliphatic carbocycles. The summed E-state index contributed by atoms with van der Waals surface area (Å²) in [4.78, 5) is 5.43. The van der Waals surface area contributed by atoms with Gasteiger partial charge in [0.2, 0.25) is 0 Å². The molecule has 35 heavy (non-hydrogen) atoms. The molecule has 0 saturated carbocycles. The lowest BCUT2D eigenvalue weighted by molar-refractivity contribution is 0.222. The summed E-state index contributed by atoms with van der Waals surface area (Å²) in [6.07, 6.45) is 21.3. The number of hydrogen-bond donors (Lipinski definition) is 4. The molecule has 0 spiro atoms. The minimum Gasteiger partial charge on any atom is -0.358 e. The highest BCUT2D eigenvalue weighted by Gasteiger charge is 2.30. The molecule has 2 fully saturated rings. The maximum atomic E-state index is 5.43. The van der Waals surface area contributed by atoms with E-state index in [1.165, 1.54) is 57.2 Å². The van der Waals surface area contributed by atoms with Crippen molar-refractivity contribution in [3.8, 4) is 0 Å². The van der Waals surface area contributed by atoms with Crippen molar-refractivity contribution in [1.29, 1.82) is 0 Å². The van der Waals surface area contributed by atoms with E-state index in [-0.39, 0.29) is 6.17 Å². The Morgan fingerprint density at radius 3 is 2.80 bits per heavy atom. The number of aliphatic imine (C=N–C) groups is 1. The van der Waals surface area contributed by atoms with E-state index in [1.807, 2.05) is 0 Å². The van der Waals surface area contributed by atoms with Crippen molar-refractivity contribution in [1.82, 2.24) is 26.4 Å². The van der Waals surface area contributed by atoms with E-state index in [0.717, 1.165) is 51.0 Å². The fraction of sp³-hybridized carbons (Fsp3) is 0.828. The molecule has 2 heterocycles. The summed E-state index contributed by atoms with van der Waals surface area (Å²) in [5, 5.41) is 13.8. The van der Waals surface area contributed by atoms with Gasteiger partial charge in [-0.05, 0) is 75.7 Å². The molecule has 2 aliphatic heterocycles. The SMILES string of the molecule is CCC(NCC1CCCCN1)N/C(=N\C1C=CCC(C2C=CCCC2)C1)C1CNN(CC(C)C)C1. The monoisotopic (exact) mass is 484 g/mol. The average molecular weight is 485 g/mol. The van der Waals surface area contributed by atoms with Crippen LogP contribution in [0.5, 0.6) is 0 Å². The Hall–Kier alpha value is -1.21. The molecule has 4 N–H and O–H groups in total. The molecular weight excluding hydrogens is 432 g/mol. The number of hydrazine groups is 1. The fourth-order valence-corrected chi connectivity index (χ4v) is 6.27. The molecule has 0 aromatic rings. The van der Waals surface area contributed by atoms with Crippen molar-refractivity contribution in [3.05, 3.63) is 24.3 Å². The third kappa shape index (κ3) is 8.41. The Morgan fingerprint density at radius 2 is 2.06 bits per heavy atom. The Bertz CT molecular complexity index is 710. The van der Waals surface area contributed by atoms with Gasteiger partial charge in [0.05, 0.1) is 12.2 Å². The van der Waals surface area contributed by atoms with Crippen molar-refractivity contribution >= 4 is 5.84 Å². The van der Waals surface area contributed by atoms with Crippen molar-refractivity contribution < 1.29 is 0 Å². The summed E-state index contributed by atoms with van der Waals surface area (Å²) in [6.45, 7) is 12.2. The Morgan fingerprint density at radius 1 is 1.14 bits per heavy atom. The predicted octanol–water partition coefficient (Wildman–Crippen LogP) is 4.23. The summed E-state index contributed by atoms with van der Waals surface area (Å²) < 4.78 is 0. The van der Waals surface area contributed by atoms with Gasteiger partial charge in [-0.1, -0.05) is 51.5 Å². The Labute approximate surface area is 214 Å². The molecule has 198 valence electrons. The topological polar surface area (TPSA) is 63.7 Å². The molecule has 4 aliphatic rings. The van der Waals surface area contributed by atoms with E-state index in [0.29, 0.717) is 23.9 Å². The first-order valence-electron chi connectivity index (χ1n) is 14.7. The first kappa shape index (κ1) is 26.8. The van der Waals surface area contributed by atoms with Crippen molar-refractivity contribution in [2.75, 3.05) is 32.7 Å². The Balaban J connectivity index is 1.42. The van der Waals surface area contributed by atoms with Crippen LogP contribution in [0.3, 0.4) is 0 Å². The summed E-state index contributed by atoms with van der Waals surface area (Å²) in [7, 11) is 0. The summed E-state index contributed by atoms with van der Waals surface area (Å²) in [5.74, 6) is 3.76. The van der Waals surface area contributed by atoms with Crippen LogP contribution in [0.1, 0.15) is 78.6 Å². The van der Waals surface area contributed by atoms with Crippen LogP contribution in [0.4, 0.5) is 0 Å². The van der Waals surface area contributed by atoms with E-state index in [1.54, 1.807) is 0 Å². The first-order valence-corrected chi connectivity index (χ1v) is 14.7. The lowest BCUT2D eigenvalue weighted by atomic mass is 9.77. The van der Waals surface area contributed by atoms with Gasteiger partial charge in [0.1, 0.15) is 5.84 Å². The van der Waals surface area contributed by atoms with Crippen LogP contribution in [0.2, 0.25) is 0 Å². The number of hydrogen-bond acceptors (Lipinski definition) is 5. The number of amidine groups is 1. The van der Waals surface area contributed by atoms with Gasteiger partial charge in [-0.25, -0.2) is 5.01 Å². The number of allylic oxidation sites excluding steroid dienone is 3. The van der Waals surface area contributed by atoms with E-state index in [4.69, 9.17) is 4.99 Å². The van der Waals surface area contributed by atoms with Crippen LogP contribution in [0.25, 0.3) is 0 Å². The van der Waals surface area contributed by atoms with Crippen LogP contribution >= 0.6 is 0 Å². The largest absolute Gasteiger partial charge is 0.358 e. The molecule has 6 unspecified atom stereocenters. The highest BCUT2D eigenvalue weighted by Crippen LogP contribution is 2.34. The normalized spacial score (nSPS) is 33.4. The Kier molecular flexibility index (Phi) is 10.7. The molecule has 0 aromatic heterocycles. The van der Waals surface area contributed by atoms with Gasteiger partial charge in [0.25, 0.3) is 0 Å². The van der Waals surface area contributed by atoms with Crippen LogP contribution < -0.4 is 21.4 Å². The van der Waals surface area contributed by atoms with Gasteiger partial charge in [0.15, 0.2) is 0 Å². The second kappa shape index (κ2) is 13.9. The molecular formula is C29H52N6. The van der Waals surface area contributed by atoms with Gasteiger partial charge < -0.3 is 10.6 Å². The third-order valence-electron chi connectivity index (χ3n) is 8.27. The first-order chi connectivity index (χ1) is 17.1. The van der Waals surface area contributed by atoms with Gasteiger partial charge >= 0.3 is 0 Å². The minimum absolute atomic E-state index is 0.265. The molecule has 6 heteroatoms. The summed E-state index contributed by atoms with van der Waals surface area (Å²) in [6, 6.07) is 0.892. The smallest absolute Gasteiger partial charge is 0.104 e. The van der Waals surface area contributed by atoms with Crippen LogP contribution in [0.15, 0.2) is 29.3 Å². The van der Waals surface area contributed by atoms with Gasteiger partial charge in [-0.15, -0.1) is 0 Å². The van der Waals surface area contributed by atoms with Crippen molar-refractivity contribution in [3.63, 3.8) is 0 Å². The zero-order chi connectivity index (χ0) is 24.5. The summed E-state index contributed by atoms with van der Waals surface area (Å²) >= 11 is 0. The van der Waals surface area contributed by atoms with E-state index >= 15 is 0 Å². The van der Waals surface area contributed by atoms with Crippen molar-refractivity contribution in [2.24, 2.45) is 28.7 Å². The molecule has 4 rings (SSSR count). The second-order valence-corrected chi connectivity index (χ2v) is 11.8. The van der Waals surface area contributed by atoms with Crippen molar-refractivity contribution in [2.45, 2.75) is 96.8 Å². The lowest BCUT2D eigenvalue weighted by Crippen LogP contribution is -2.52. The minimum atomic E-state index is 0.265. The highest BCUT2D eigenvalue weighted by atomic mass is 15.5. The molecule has 2 saturated heterocycles. The molecule has 0 radical (unpaired) electrons. The maximum absolute atomic E-state index is 5.43. The standard InChI is InChI=1S/C29H52N6/c1-4-28(31-19-27-14-8-9-16-30-27)34-29(25-18-32-35(21-25)20-22(2)3)33-26-15-10-13-24(17-26)23-11-6-5-7-12-23/h6,10-11,15,22-28,30-32H,4-5,7-9,12-14,16-21H2,1-3H3,(H,33,34). The van der Waals surface area contributed by atoms with E-state index < -0.39 is 0 Å². The van der Waals surface area contributed by atoms with E-state index in [2.05, 4.69) is 71.5 Å². The molecule has 0 bridgehead atoms. The number of piperidine rings is 1. The fourth-order valence-electron chi connectivity index (χ4n) is 6.27. The van der Waals surface area contributed by atoms with Crippen LogP contribution in [-0.2, 0) is 0 Å². The van der Waals surface area contributed by atoms with Gasteiger partial charge in [-0.3, -0.25) is 15.7 Å². The van der Waals surface area contributed by atoms with Crippen LogP contribution in [0, 0.1) is 23.7 Å². The van der Waals surface area contributed by atoms with Crippen LogP contribution in [-0.4, -0.2) is 61.8 Å². The molecule has 6 atom stereocenters. The maximum Gasteiger partial charge on any atom is 0.104 e. The van der Waals surface area contributed by atoms with Gasteiger partial charge in [-0.2, -0.15) is 0 Å². The predicted molar refractivity (Wildman–Crippen MR) is 148 cm³/mol.